The van der Waals surface area contributed by atoms with Crippen molar-refractivity contribution in [3.63, 3.8) is 0 Å². The molecule has 234 valence electrons. The lowest BCUT2D eigenvalue weighted by atomic mass is 10.0. The predicted molar refractivity (Wildman–Crippen MR) is 207 cm³/mol. The number of furan rings is 1. The van der Waals surface area contributed by atoms with Gasteiger partial charge in [0.15, 0.2) is 17.5 Å². The molecule has 0 radical (unpaired) electrons. The number of thiophene rings is 1. The average Bonchev–Trinajstić information content (AvgIpc) is 3.77. The van der Waals surface area contributed by atoms with Crippen molar-refractivity contribution in [3.05, 3.63) is 164 Å². The molecular weight excluding hydrogens is 631 g/mol. The molecular formula is C45H27N3OS. The van der Waals surface area contributed by atoms with Gasteiger partial charge in [0.25, 0.3) is 0 Å². The van der Waals surface area contributed by atoms with Crippen LogP contribution in [0, 0.1) is 0 Å². The first-order valence-electron chi connectivity index (χ1n) is 16.6. The minimum Gasteiger partial charge on any atom is -0.456 e. The normalized spacial score (nSPS) is 11.6. The van der Waals surface area contributed by atoms with Crippen molar-refractivity contribution < 1.29 is 4.42 Å². The van der Waals surface area contributed by atoms with Crippen molar-refractivity contribution in [2.45, 2.75) is 0 Å². The van der Waals surface area contributed by atoms with E-state index >= 15 is 0 Å². The topological polar surface area (TPSA) is 51.8 Å². The Morgan fingerprint density at radius 3 is 1.80 bits per heavy atom. The van der Waals surface area contributed by atoms with Gasteiger partial charge in [0.2, 0.25) is 0 Å². The summed E-state index contributed by atoms with van der Waals surface area (Å²) in [5, 5.41) is 4.46. The summed E-state index contributed by atoms with van der Waals surface area (Å²) in [6.45, 7) is 0. The zero-order valence-corrected chi connectivity index (χ0v) is 27.6. The molecule has 0 saturated carbocycles. The van der Waals surface area contributed by atoms with Crippen LogP contribution in [0.5, 0.6) is 0 Å². The van der Waals surface area contributed by atoms with Crippen LogP contribution in [0.1, 0.15) is 0 Å². The summed E-state index contributed by atoms with van der Waals surface area (Å²) in [4.78, 5) is 15.7. The van der Waals surface area contributed by atoms with Gasteiger partial charge in [-0.1, -0.05) is 127 Å². The molecule has 0 saturated heterocycles. The first-order chi connectivity index (χ1) is 24.8. The predicted octanol–water partition coefficient (Wildman–Crippen LogP) is 12.5. The van der Waals surface area contributed by atoms with E-state index in [4.69, 9.17) is 19.4 Å². The number of rotatable bonds is 5. The van der Waals surface area contributed by atoms with E-state index in [1.807, 2.05) is 24.3 Å². The van der Waals surface area contributed by atoms with Crippen LogP contribution in [-0.4, -0.2) is 15.0 Å². The van der Waals surface area contributed by atoms with Gasteiger partial charge in [-0.2, -0.15) is 0 Å². The second-order valence-corrected chi connectivity index (χ2v) is 13.4. The van der Waals surface area contributed by atoms with Crippen LogP contribution in [0.4, 0.5) is 0 Å². The number of hydrogen-bond donors (Lipinski definition) is 0. The Morgan fingerprint density at radius 1 is 0.380 bits per heavy atom. The van der Waals surface area contributed by atoms with Crippen LogP contribution >= 0.6 is 11.3 Å². The lowest BCUT2D eigenvalue weighted by molar-refractivity contribution is 0.669. The van der Waals surface area contributed by atoms with Gasteiger partial charge < -0.3 is 4.42 Å². The fourth-order valence-electron chi connectivity index (χ4n) is 6.96. The number of nitrogens with zero attached hydrogens (tertiary/aromatic N) is 3. The number of aromatic nitrogens is 3. The van der Waals surface area contributed by atoms with E-state index in [2.05, 4.69) is 140 Å². The Labute approximate surface area is 292 Å². The molecule has 10 rings (SSSR count). The minimum atomic E-state index is 0.603. The number of fused-ring (bicyclic) bond motifs is 6. The molecule has 50 heavy (non-hydrogen) atoms. The SMILES string of the molecule is c1ccc(-c2cccc(-c3nc(-c4cccc5c4sc4ccccc45)nc(-c4cccc5oc6ccc(-c7ccccc7)cc6c45)n3)c2)cc1. The van der Waals surface area contributed by atoms with E-state index < -0.39 is 0 Å². The standard InChI is InChI=1S/C45H27N3OS/c1-3-12-28(13-4-1)30-16-9-17-32(26-30)43-46-44(48-45(47-43)36-21-10-19-34-33-18-7-8-23-40(33)50-42(34)36)35-20-11-22-39-41(35)37-27-31(24-25-38(37)49-39)29-14-5-2-6-15-29/h1-27H. The molecule has 0 fully saturated rings. The molecule has 0 amide bonds. The number of hydrogen-bond acceptors (Lipinski definition) is 5. The summed E-state index contributed by atoms with van der Waals surface area (Å²) in [6.07, 6.45) is 0. The van der Waals surface area contributed by atoms with Gasteiger partial charge in [-0.05, 0) is 58.7 Å². The Morgan fingerprint density at radius 2 is 0.980 bits per heavy atom. The van der Waals surface area contributed by atoms with Crippen LogP contribution in [0.15, 0.2) is 168 Å². The molecule has 0 aliphatic rings. The van der Waals surface area contributed by atoms with Crippen LogP contribution in [0.25, 0.3) is 98.5 Å². The third kappa shape index (κ3) is 4.79. The van der Waals surface area contributed by atoms with E-state index in [9.17, 15) is 0 Å². The van der Waals surface area contributed by atoms with Gasteiger partial charge in [0.05, 0.1) is 0 Å². The van der Waals surface area contributed by atoms with E-state index in [1.54, 1.807) is 11.3 Å². The molecule has 4 nitrogen and oxygen atoms in total. The van der Waals surface area contributed by atoms with Crippen LogP contribution in [0.3, 0.4) is 0 Å². The summed E-state index contributed by atoms with van der Waals surface area (Å²) in [5.74, 6) is 1.87. The smallest absolute Gasteiger partial charge is 0.165 e. The van der Waals surface area contributed by atoms with Crippen molar-refractivity contribution >= 4 is 53.4 Å². The summed E-state index contributed by atoms with van der Waals surface area (Å²) < 4.78 is 8.82. The van der Waals surface area contributed by atoms with Crippen molar-refractivity contribution in [2.75, 3.05) is 0 Å². The molecule has 0 N–H and O–H groups in total. The first kappa shape index (κ1) is 28.6. The highest BCUT2D eigenvalue weighted by Crippen LogP contribution is 2.41. The fraction of sp³-hybridized carbons (Fsp3) is 0. The van der Waals surface area contributed by atoms with Crippen LogP contribution < -0.4 is 0 Å². The molecule has 7 aromatic carbocycles. The third-order valence-corrected chi connectivity index (χ3v) is 10.6. The van der Waals surface area contributed by atoms with E-state index in [-0.39, 0.29) is 0 Å². The number of benzene rings is 7. The summed E-state index contributed by atoms with van der Waals surface area (Å²) in [5.41, 5.74) is 8.97. The van der Waals surface area contributed by atoms with Crippen LogP contribution in [0.2, 0.25) is 0 Å². The second kappa shape index (κ2) is 11.6. The van der Waals surface area contributed by atoms with Crippen molar-refractivity contribution in [1.82, 2.24) is 15.0 Å². The summed E-state index contributed by atoms with van der Waals surface area (Å²) in [6, 6.07) is 56.8. The van der Waals surface area contributed by atoms with Gasteiger partial charge >= 0.3 is 0 Å². The maximum Gasteiger partial charge on any atom is 0.165 e. The Kier molecular flexibility index (Phi) is 6.64. The van der Waals surface area contributed by atoms with E-state index in [0.29, 0.717) is 17.5 Å². The Bertz CT molecular complexity index is 2870. The lowest BCUT2D eigenvalue weighted by Crippen LogP contribution is -2.00. The summed E-state index contributed by atoms with van der Waals surface area (Å²) in [7, 11) is 0. The average molecular weight is 658 g/mol. The highest BCUT2D eigenvalue weighted by Gasteiger charge is 2.20. The van der Waals surface area contributed by atoms with Gasteiger partial charge in [0.1, 0.15) is 11.2 Å². The largest absolute Gasteiger partial charge is 0.456 e. The maximum absolute atomic E-state index is 6.42. The third-order valence-electron chi connectivity index (χ3n) is 9.35. The Balaban J connectivity index is 1.23. The summed E-state index contributed by atoms with van der Waals surface area (Å²) >= 11 is 1.78. The molecule has 3 heterocycles. The zero-order chi connectivity index (χ0) is 33.0. The quantitative estimate of drug-likeness (QED) is 0.185. The molecule has 0 bridgehead atoms. The lowest BCUT2D eigenvalue weighted by Gasteiger charge is -2.11. The van der Waals surface area contributed by atoms with Crippen LogP contribution in [-0.2, 0) is 0 Å². The van der Waals surface area contributed by atoms with Crippen molar-refractivity contribution in [1.29, 1.82) is 0 Å². The van der Waals surface area contributed by atoms with Gasteiger partial charge in [-0.15, -0.1) is 11.3 Å². The monoisotopic (exact) mass is 657 g/mol. The van der Waals surface area contributed by atoms with Crippen molar-refractivity contribution in [2.24, 2.45) is 0 Å². The minimum absolute atomic E-state index is 0.603. The van der Waals surface area contributed by atoms with E-state index in [0.717, 1.165) is 65.6 Å². The van der Waals surface area contributed by atoms with Gasteiger partial charge in [0, 0.05) is 47.6 Å². The van der Waals surface area contributed by atoms with Gasteiger partial charge in [-0.3, -0.25) is 0 Å². The fourth-order valence-corrected chi connectivity index (χ4v) is 8.17. The zero-order valence-electron chi connectivity index (χ0n) is 26.7. The molecule has 5 heteroatoms. The molecule has 0 aliphatic carbocycles. The van der Waals surface area contributed by atoms with Crippen molar-refractivity contribution in [3.8, 4) is 56.4 Å². The Hall–Kier alpha value is -6.43. The molecule has 0 spiro atoms. The van der Waals surface area contributed by atoms with E-state index in [1.165, 1.54) is 15.5 Å². The second-order valence-electron chi connectivity index (χ2n) is 12.4. The molecule has 10 aromatic rings. The molecule has 0 unspecified atom stereocenters. The maximum atomic E-state index is 6.42. The highest BCUT2D eigenvalue weighted by atomic mass is 32.1. The highest BCUT2D eigenvalue weighted by molar-refractivity contribution is 7.26. The first-order valence-corrected chi connectivity index (χ1v) is 17.4. The van der Waals surface area contributed by atoms with Gasteiger partial charge in [-0.25, -0.2) is 15.0 Å². The molecule has 3 aromatic heterocycles. The molecule has 0 atom stereocenters. The molecule has 0 aliphatic heterocycles.